The predicted molar refractivity (Wildman–Crippen MR) is 112 cm³/mol. The lowest BCUT2D eigenvalue weighted by Gasteiger charge is -2.13. The van der Waals surface area contributed by atoms with Gasteiger partial charge in [0.1, 0.15) is 5.75 Å². The van der Waals surface area contributed by atoms with Crippen molar-refractivity contribution in [3.63, 3.8) is 0 Å². The highest BCUT2D eigenvalue weighted by atomic mass is 127. The second-order valence-corrected chi connectivity index (χ2v) is 5.75. The number of guanidine groups is 1. The third-order valence-corrected chi connectivity index (χ3v) is 3.47. The maximum Gasteiger partial charge on any atom is 0.190 e. The zero-order valence-electron chi connectivity index (χ0n) is 15.5. The van der Waals surface area contributed by atoms with Gasteiger partial charge in [-0.25, -0.2) is 0 Å². The zero-order chi connectivity index (χ0) is 17.1. The van der Waals surface area contributed by atoms with Crippen LogP contribution in [-0.4, -0.2) is 45.9 Å². The first-order valence-electron chi connectivity index (χ1n) is 8.26. The molecule has 0 bridgehead atoms. The summed E-state index contributed by atoms with van der Waals surface area (Å²) in [5.41, 5.74) is 2.41. The molecule has 6 heteroatoms. The second kappa shape index (κ2) is 13.3. The molecule has 1 rings (SSSR count). The van der Waals surface area contributed by atoms with E-state index in [-0.39, 0.29) is 24.0 Å². The first kappa shape index (κ1) is 23.0. The van der Waals surface area contributed by atoms with E-state index in [0.29, 0.717) is 6.10 Å². The minimum atomic E-state index is 0. The smallest absolute Gasteiger partial charge is 0.190 e. The lowest BCUT2D eigenvalue weighted by atomic mass is 10.1. The number of hydrogen-bond acceptors (Lipinski definition) is 3. The molecule has 5 nitrogen and oxygen atoms in total. The summed E-state index contributed by atoms with van der Waals surface area (Å²) in [5, 5.41) is 6.62. The van der Waals surface area contributed by atoms with Crippen LogP contribution in [0.15, 0.2) is 23.2 Å². The highest BCUT2D eigenvalue weighted by Gasteiger charge is 2.02. The van der Waals surface area contributed by atoms with Crippen molar-refractivity contribution in [2.45, 2.75) is 39.7 Å². The fourth-order valence-corrected chi connectivity index (χ4v) is 2.16. The third kappa shape index (κ3) is 9.32. The van der Waals surface area contributed by atoms with Crippen LogP contribution in [0.25, 0.3) is 0 Å². The Hall–Kier alpha value is -1.02. The van der Waals surface area contributed by atoms with Gasteiger partial charge in [0.15, 0.2) is 5.96 Å². The number of nitrogens with zero attached hydrogens (tertiary/aromatic N) is 1. The zero-order valence-corrected chi connectivity index (χ0v) is 17.8. The SMILES string of the molecule is CN=C(NCCCOC(C)C)NCCc1ccc(C)c(OC)c1.I. The maximum atomic E-state index is 5.52. The summed E-state index contributed by atoms with van der Waals surface area (Å²) in [6.07, 6.45) is 2.18. The molecule has 2 N–H and O–H groups in total. The van der Waals surface area contributed by atoms with E-state index in [0.717, 1.165) is 49.8 Å². The van der Waals surface area contributed by atoms with Crippen molar-refractivity contribution in [3.05, 3.63) is 29.3 Å². The quantitative estimate of drug-likeness (QED) is 0.263. The number of rotatable bonds is 9. The summed E-state index contributed by atoms with van der Waals surface area (Å²) in [6.45, 7) is 8.60. The van der Waals surface area contributed by atoms with Gasteiger partial charge < -0.3 is 20.1 Å². The number of halogens is 1. The highest BCUT2D eigenvalue weighted by molar-refractivity contribution is 14.0. The molecule has 0 amide bonds. The standard InChI is InChI=1S/C18H31N3O2.HI/c1-14(2)23-12-6-10-20-18(19-4)21-11-9-16-8-7-15(3)17(13-16)22-5;/h7-8,13-14H,6,9-12H2,1-5H3,(H2,19,20,21);1H. The number of ether oxygens (including phenoxy) is 2. The molecule has 0 aromatic heterocycles. The Bertz CT molecular complexity index is 493. The van der Waals surface area contributed by atoms with Crippen molar-refractivity contribution in [3.8, 4) is 5.75 Å². The predicted octanol–water partition coefficient (Wildman–Crippen LogP) is 3.14. The van der Waals surface area contributed by atoms with Gasteiger partial charge in [0, 0.05) is 26.7 Å². The number of aliphatic imine (C=N–C) groups is 1. The minimum Gasteiger partial charge on any atom is -0.496 e. The van der Waals surface area contributed by atoms with E-state index in [4.69, 9.17) is 9.47 Å². The molecule has 0 saturated carbocycles. The van der Waals surface area contributed by atoms with E-state index in [1.54, 1.807) is 14.2 Å². The topological polar surface area (TPSA) is 54.9 Å². The molecule has 24 heavy (non-hydrogen) atoms. The summed E-state index contributed by atoms with van der Waals surface area (Å²) in [6, 6.07) is 6.32. The summed E-state index contributed by atoms with van der Waals surface area (Å²) >= 11 is 0. The molecule has 0 heterocycles. The number of hydrogen-bond donors (Lipinski definition) is 2. The molecule has 0 saturated heterocycles. The van der Waals surface area contributed by atoms with Crippen LogP contribution in [0.2, 0.25) is 0 Å². The maximum absolute atomic E-state index is 5.52. The van der Waals surface area contributed by atoms with E-state index >= 15 is 0 Å². The third-order valence-electron chi connectivity index (χ3n) is 3.47. The van der Waals surface area contributed by atoms with Crippen molar-refractivity contribution < 1.29 is 9.47 Å². The Morgan fingerprint density at radius 1 is 1.21 bits per heavy atom. The molecule has 0 fully saturated rings. The summed E-state index contributed by atoms with van der Waals surface area (Å²) < 4.78 is 10.9. The van der Waals surface area contributed by atoms with Crippen molar-refractivity contribution in [1.82, 2.24) is 10.6 Å². The fourth-order valence-electron chi connectivity index (χ4n) is 2.16. The van der Waals surface area contributed by atoms with Crippen LogP contribution in [0, 0.1) is 6.92 Å². The van der Waals surface area contributed by atoms with Gasteiger partial charge in [0.2, 0.25) is 0 Å². The number of methoxy groups -OCH3 is 1. The summed E-state index contributed by atoms with van der Waals surface area (Å²) in [5.74, 6) is 1.77. The number of aryl methyl sites for hydroxylation is 1. The Morgan fingerprint density at radius 3 is 2.54 bits per heavy atom. The monoisotopic (exact) mass is 449 g/mol. The minimum absolute atomic E-state index is 0. The van der Waals surface area contributed by atoms with E-state index in [1.165, 1.54) is 5.56 Å². The molecule has 0 unspecified atom stereocenters. The van der Waals surface area contributed by atoms with Crippen LogP contribution in [0.1, 0.15) is 31.4 Å². The van der Waals surface area contributed by atoms with Gasteiger partial charge in [-0.15, -0.1) is 24.0 Å². The normalized spacial score (nSPS) is 11.2. The summed E-state index contributed by atoms with van der Waals surface area (Å²) in [7, 11) is 3.49. The summed E-state index contributed by atoms with van der Waals surface area (Å²) in [4.78, 5) is 4.23. The number of benzene rings is 1. The first-order valence-corrected chi connectivity index (χ1v) is 8.26. The van der Waals surface area contributed by atoms with Crippen LogP contribution < -0.4 is 15.4 Å². The largest absolute Gasteiger partial charge is 0.496 e. The van der Waals surface area contributed by atoms with Crippen molar-refractivity contribution in [2.24, 2.45) is 4.99 Å². The van der Waals surface area contributed by atoms with E-state index in [9.17, 15) is 0 Å². The van der Waals surface area contributed by atoms with Gasteiger partial charge in [0.25, 0.3) is 0 Å². The lowest BCUT2D eigenvalue weighted by molar-refractivity contribution is 0.0776. The van der Waals surface area contributed by atoms with Crippen LogP contribution in [0.3, 0.4) is 0 Å². The van der Waals surface area contributed by atoms with Gasteiger partial charge in [-0.05, 0) is 50.8 Å². The number of nitrogens with one attached hydrogen (secondary N) is 2. The molecular weight excluding hydrogens is 417 g/mol. The Kier molecular flexibility index (Phi) is 12.7. The van der Waals surface area contributed by atoms with Crippen LogP contribution >= 0.6 is 24.0 Å². The van der Waals surface area contributed by atoms with Gasteiger partial charge in [-0.1, -0.05) is 12.1 Å². The molecule has 0 spiro atoms. The van der Waals surface area contributed by atoms with E-state index < -0.39 is 0 Å². The van der Waals surface area contributed by atoms with Gasteiger partial charge in [-0.2, -0.15) is 0 Å². The van der Waals surface area contributed by atoms with E-state index in [1.807, 2.05) is 13.8 Å². The molecule has 0 aliphatic heterocycles. The molecule has 138 valence electrons. The lowest BCUT2D eigenvalue weighted by Crippen LogP contribution is -2.39. The van der Waals surface area contributed by atoms with Crippen molar-refractivity contribution in [1.29, 1.82) is 0 Å². The first-order chi connectivity index (χ1) is 11.1. The van der Waals surface area contributed by atoms with Gasteiger partial charge in [-0.3, -0.25) is 4.99 Å². The average Bonchev–Trinajstić information content (AvgIpc) is 2.54. The average molecular weight is 449 g/mol. The van der Waals surface area contributed by atoms with Crippen molar-refractivity contribution in [2.75, 3.05) is 33.9 Å². The van der Waals surface area contributed by atoms with Crippen LogP contribution in [0.5, 0.6) is 5.75 Å². The molecule has 0 atom stereocenters. The Balaban J connectivity index is 0.00000529. The Labute approximate surface area is 163 Å². The Morgan fingerprint density at radius 2 is 1.92 bits per heavy atom. The second-order valence-electron chi connectivity index (χ2n) is 5.75. The molecule has 1 aromatic rings. The molecule has 0 radical (unpaired) electrons. The van der Waals surface area contributed by atoms with E-state index in [2.05, 4.69) is 40.7 Å². The highest BCUT2D eigenvalue weighted by Crippen LogP contribution is 2.18. The molecular formula is C18H32IN3O2. The van der Waals surface area contributed by atoms with Crippen LogP contribution in [0.4, 0.5) is 0 Å². The van der Waals surface area contributed by atoms with Crippen molar-refractivity contribution >= 4 is 29.9 Å². The van der Waals surface area contributed by atoms with Gasteiger partial charge in [0.05, 0.1) is 13.2 Å². The van der Waals surface area contributed by atoms with Gasteiger partial charge >= 0.3 is 0 Å². The molecule has 0 aliphatic rings. The fraction of sp³-hybridized carbons (Fsp3) is 0.611. The van der Waals surface area contributed by atoms with Crippen LogP contribution in [-0.2, 0) is 11.2 Å². The molecule has 0 aliphatic carbocycles. The molecule has 1 aromatic carbocycles.